The summed E-state index contributed by atoms with van der Waals surface area (Å²) in [6, 6.07) is 0. The molecule has 0 unspecified atom stereocenters. The van der Waals surface area contributed by atoms with Crippen molar-refractivity contribution in [3.63, 3.8) is 0 Å². The molecule has 0 radical (unpaired) electrons. The number of nitrogens with zero attached hydrogens (tertiary/aromatic N) is 3. The minimum absolute atomic E-state index is 0.0559. The number of nitrogens with one attached hydrogen (secondary N) is 1. The van der Waals surface area contributed by atoms with Crippen molar-refractivity contribution in [1.29, 1.82) is 0 Å². The van der Waals surface area contributed by atoms with Gasteiger partial charge in [-0.15, -0.1) is 0 Å². The minimum Gasteiger partial charge on any atom is -0.360 e. The first kappa shape index (κ1) is 23.4. The van der Waals surface area contributed by atoms with Gasteiger partial charge in [-0.05, 0) is 52.6 Å². The smallest absolute Gasteiger partial charge is 0.248 e. The first-order chi connectivity index (χ1) is 14.6. The molecule has 0 bridgehead atoms. The molecule has 1 N–H and O–H groups in total. The molecular weight excluding hydrogens is 420 g/mol. The highest BCUT2D eigenvalue weighted by atomic mass is 32.2. The second kappa shape index (κ2) is 9.05. The van der Waals surface area contributed by atoms with E-state index in [9.17, 15) is 18.0 Å². The number of hydrogen-bond donors (Lipinski definition) is 1. The third-order valence-electron chi connectivity index (χ3n) is 5.76. The van der Waals surface area contributed by atoms with Gasteiger partial charge >= 0.3 is 0 Å². The molecule has 1 saturated heterocycles. The Bertz CT molecular complexity index is 1080. The molecule has 0 saturated carbocycles. The van der Waals surface area contributed by atoms with E-state index in [0.29, 0.717) is 55.1 Å². The maximum Gasteiger partial charge on any atom is 0.248 e. The summed E-state index contributed by atoms with van der Waals surface area (Å²) in [7, 11) is -3.71. The van der Waals surface area contributed by atoms with Crippen molar-refractivity contribution in [1.82, 2.24) is 19.3 Å². The van der Waals surface area contributed by atoms with Gasteiger partial charge in [0.1, 0.15) is 10.6 Å². The Morgan fingerprint density at radius 3 is 2.42 bits per heavy atom. The quantitative estimate of drug-likeness (QED) is 0.643. The van der Waals surface area contributed by atoms with E-state index in [1.807, 2.05) is 11.8 Å². The Kier molecular flexibility index (Phi) is 6.82. The molecule has 31 heavy (non-hydrogen) atoms. The average Bonchev–Trinajstić information content (AvgIpc) is 3.11. The van der Waals surface area contributed by atoms with Gasteiger partial charge in [-0.1, -0.05) is 12.1 Å². The van der Waals surface area contributed by atoms with Crippen LogP contribution in [0.15, 0.2) is 9.42 Å². The van der Waals surface area contributed by atoms with Crippen LogP contribution in [0, 0.1) is 20.8 Å². The molecular formula is C21H30N4O5S. The first-order valence-electron chi connectivity index (χ1n) is 10.5. The third-order valence-corrected chi connectivity index (χ3v) is 7.90. The molecule has 1 aliphatic heterocycles. The zero-order valence-electron chi connectivity index (χ0n) is 18.7. The molecule has 1 aliphatic rings. The van der Waals surface area contributed by atoms with Gasteiger partial charge in [-0.2, -0.15) is 4.31 Å². The first-order valence-corrected chi connectivity index (χ1v) is 11.9. The average molecular weight is 451 g/mol. The normalized spacial score (nSPS) is 16.4. The summed E-state index contributed by atoms with van der Waals surface area (Å²) in [4.78, 5) is 30.2. The summed E-state index contributed by atoms with van der Waals surface area (Å²) < 4.78 is 32.6. The van der Waals surface area contributed by atoms with Crippen LogP contribution in [-0.4, -0.2) is 72.1 Å². The molecule has 2 aromatic heterocycles. The summed E-state index contributed by atoms with van der Waals surface area (Å²) in [6.07, 6.45) is 1.20. The van der Waals surface area contributed by atoms with Crippen molar-refractivity contribution < 1.29 is 22.5 Å². The highest BCUT2D eigenvalue weighted by Gasteiger charge is 2.32. The standard InChI is InChI=1S/C21H30N4O5S/c1-6-17-19(15(4)26)13(2)22-20(17)18(27)12-24-8-7-9-25(11-10-24)31(28,29)21-14(3)23-30-16(21)5/h22H,6-12H2,1-5H3. The van der Waals surface area contributed by atoms with Gasteiger partial charge in [-0.3, -0.25) is 14.5 Å². The summed E-state index contributed by atoms with van der Waals surface area (Å²) in [5.41, 5.74) is 2.89. The topological polar surface area (TPSA) is 117 Å². The summed E-state index contributed by atoms with van der Waals surface area (Å²) in [5, 5.41) is 3.76. The van der Waals surface area contributed by atoms with Crippen LogP contribution >= 0.6 is 0 Å². The predicted octanol–water partition coefficient (Wildman–Crippen LogP) is 2.27. The number of ketones is 2. The molecule has 3 rings (SSSR count). The van der Waals surface area contributed by atoms with Gasteiger partial charge in [0.15, 0.2) is 17.3 Å². The Balaban J connectivity index is 1.73. The molecule has 1 fully saturated rings. The lowest BCUT2D eigenvalue weighted by Gasteiger charge is -2.21. The van der Waals surface area contributed by atoms with Crippen LogP contribution in [0.2, 0.25) is 0 Å². The van der Waals surface area contributed by atoms with Crippen LogP contribution in [0.3, 0.4) is 0 Å². The van der Waals surface area contributed by atoms with E-state index < -0.39 is 10.0 Å². The highest BCUT2D eigenvalue weighted by Crippen LogP contribution is 2.25. The fraction of sp³-hybridized carbons (Fsp3) is 0.571. The van der Waals surface area contributed by atoms with Crippen LogP contribution in [0.25, 0.3) is 0 Å². The maximum atomic E-state index is 13.1. The lowest BCUT2D eigenvalue weighted by molar-refractivity contribution is 0.0929. The van der Waals surface area contributed by atoms with Gasteiger partial charge in [0.05, 0.1) is 12.2 Å². The van der Waals surface area contributed by atoms with E-state index in [0.717, 1.165) is 5.56 Å². The van der Waals surface area contributed by atoms with Gasteiger partial charge in [0.2, 0.25) is 10.0 Å². The summed E-state index contributed by atoms with van der Waals surface area (Å²) >= 11 is 0. The Labute approximate surface area is 182 Å². The zero-order chi connectivity index (χ0) is 22.9. The Hall–Kier alpha value is -2.30. The number of carbonyl (C=O) groups is 2. The van der Waals surface area contributed by atoms with Crippen molar-refractivity contribution in [2.75, 3.05) is 32.7 Å². The number of aromatic nitrogens is 2. The number of aromatic amines is 1. The van der Waals surface area contributed by atoms with E-state index in [1.54, 1.807) is 20.8 Å². The molecule has 0 spiro atoms. The van der Waals surface area contributed by atoms with Crippen LogP contribution in [0.4, 0.5) is 0 Å². The van der Waals surface area contributed by atoms with Crippen molar-refractivity contribution in [3.8, 4) is 0 Å². The molecule has 2 aromatic rings. The molecule has 0 aromatic carbocycles. The van der Waals surface area contributed by atoms with Crippen molar-refractivity contribution in [2.24, 2.45) is 0 Å². The zero-order valence-corrected chi connectivity index (χ0v) is 19.6. The maximum absolute atomic E-state index is 13.1. The number of carbonyl (C=O) groups excluding carboxylic acids is 2. The SMILES string of the molecule is CCc1c(C(=O)CN2CCCN(S(=O)(=O)c3c(C)noc3C)CC2)[nH]c(C)c1C(C)=O. The van der Waals surface area contributed by atoms with Crippen molar-refractivity contribution in [2.45, 2.75) is 52.4 Å². The highest BCUT2D eigenvalue weighted by molar-refractivity contribution is 7.89. The minimum atomic E-state index is -3.71. The van der Waals surface area contributed by atoms with E-state index in [1.165, 1.54) is 11.2 Å². The molecule has 170 valence electrons. The number of hydrogen-bond acceptors (Lipinski definition) is 7. The van der Waals surface area contributed by atoms with E-state index in [-0.39, 0.29) is 35.3 Å². The largest absolute Gasteiger partial charge is 0.360 e. The number of sulfonamides is 1. The molecule has 0 aliphatic carbocycles. The molecule has 0 atom stereocenters. The van der Waals surface area contributed by atoms with E-state index in [4.69, 9.17) is 4.52 Å². The number of H-pyrrole nitrogens is 1. The molecule has 3 heterocycles. The monoisotopic (exact) mass is 450 g/mol. The van der Waals surface area contributed by atoms with Crippen LogP contribution in [-0.2, 0) is 16.4 Å². The van der Waals surface area contributed by atoms with E-state index in [2.05, 4.69) is 10.1 Å². The van der Waals surface area contributed by atoms with Crippen LogP contribution in [0.1, 0.15) is 63.8 Å². The van der Waals surface area contributed by atoms with Gasteiger partial charge in [0, 0.05) is 30.9 Å². The second-order valence-electron chi connectivity index (χ2n) is 8.00. The predicted molar refractivity (Wildman–Crippen MR) is 115 cm³/mol. The fourth-order valence-corrected chi connectivity index (χ4v) is 6.11. The fourth-order valence-electron chi connectivity index (χ4n) is 4.34. The van der Waals surface area contributed by atoms with Gasteiger partial charge < -0.3 is 9.51 Å². The van der Waals surface area contributed by atoms with Gasteiger partial charge in [0.25, 0.3) is 0 Å². The van der Waals surface area contributed by atoms with Crippen LogP contribution < -0.4 is 0 Å². The molecule has 0 amide bonds. The van der Waals surface area contributed by atoms with Crippen molar-refractivity contribution in [3.05, 3.63) is 34.0 Å². The lowest BCUT2D eigenvalue weighted by atomic mass is 10.0. The lowest BCUT2D eigenvalue weighted by Crippen LogP contribution is -2.37. The number of Topliss-reactive ketones (excluding diaryl/α,β-unsaturated/α-hetero) is 2. The second-order valence-corrected chi connectivity index (χ2v) is 9.87. The summed E-state index contributed by atoms with van der Waals surface area (Å²) in [6.45, 7) is 10.3. The summed E-state index contributed by atoms with van der Waals surface area (Å²) in [5.74, 6) is 0.137. The molecule has 9 nitrogen and oxygen atoms in total. The Morgan fingerprint density at radius 1 is 1.13 bits per heavy atom. The molecule has 10 heteroatoms. The number of aryl methyl sites for hydroxylation is 3. The third kappa shape index (κ3) is 4.51. The van der Waals surface area contributed by atoms with Crippen LogP contribution in [0.5, 0.6) is 0 Å². The van der Waals surface area contributed by atoms with Gasteiger partial charge in [-0.25, -0.2) is 8.42 Å². The number of rotatable bonds is 7. The van der Waals surface area contributed by atoms with Crippen molar-refractivity contribution >= 4 is 21.6 Å². The van der Waals surface area contributed by atoms with E-state index >= 15 is 0 Å². The Morgan fingerprint density at radius 2 is 1.84 bits per heavy atom.